The summed E-state index contributed by atoms with van der Waals surface area (Å²) in [4.78, 5) is 21.7. The maximum Gasteiger partial charge on any atom is 0.272 e. The Kier molecular flexibility index (Phi) is 4.15. The Hall–Kier alpha value is -3.09. The molecule has 2 aromatic heterocycles. The van der Waals surface area contributed by atoms with Crippen LogP contribution in [0.3, 0.4) is 0 Å². The fourth-order valence-electron chi connectivity index (χ4n) is 2.07. The van der Waals surface area contributed by atoms with Crippen LogP contribution in [0.2, 0.25) is 0 Å². The lowest BCUT2D eigenvalue weighted by molar-refractivity contribution is 0.0925. The smallest absolute Gasteiger partial charge is 0.272 e. The van der Waals surface area contributed by atoms with Gasteiger partial charge in [0.05, 0.1) is 31.2 Å². The van der Waals surface area contributed by atoms with Gasteiger partial charge in [0.2, 0.25) is 0 Å². The monoisotopic (exact) mass is 294 g/mol. The van der Waals surface area contributed by atoms with Gasteiger partial charge in [-0.25, -0.2) is 4.98 Å². The van der Waals surface area contributed by atoms with Gasteiger partial charge >= 0.3 is 0 Å². The average molecular weight is 294 g/mol. The first-order chi connectivity index (χ1) is 10.8. The standard InChI is InChI=1S/C15H14N6O/c22-15(13-10-16-6-7-17-13)20-14(11-21-18-8-9-19-21)12-4-2-1-3-5-12/h1-10,14H,11H2,(H,20,22). The molecule has 0 aliphatic rings. The first-order valence-corrected chi connectivity index (χ1v) is 6.79. The number of benzene rings is 1. The van der Waals surface area contributed by atoms with Gasteiger partial charge in [-0.15, -0.1) is 0 Å². The lowest BCUT2D eigenvalue weighted by Crippen LogP contribution is -2.32. The van der Waals surface area contributed by atoms with Gasteiger partial charge in [0.25, 0.3) is 5.91 Å². The van der Waals surface area contributed by atoms with Gasteiger partial charge < -0.3 is 5.32 Å². The summed E-state index contributed by atoms with van der Waals surface area (Å²) in [5, 5.41) is 11.1. The summed E-state index contributed by atoms with van der Waals surface area (Å²) >= 11 is 0. The van der Waals surface area contributed by atoms with E-state index in [4.69, 9.17) is 0 Å². The van der Waals surface area contributed by atoms with Gasteiger partial charge in [0, 0.05) is 12.4 Å². The average Bonchev–Trinajstić information content (AvgIpc) is 3.09. The molecule has 22 heavy (non-hydrogen) atoms. The number of carbonyl (C=O) groups is 1. The third kappa shape index (κ3) is 3.32. The van der Waals surface area contributed by atoms with Gasteiger partial charge in [-0.05, 0) is 5.56 Å². The normalized spacial score (nSPS) is 11.8. The highest BCUT2D eigenvalue weighted by Crippen LogP contribution is 2.14. The fraction of sp³-hybridized carbons (Fsp3) is 0.133. The van der Waals surface area contributed by atoms with Crippen molar-refractivity contribution >= 4 is 5.91 Å². The van der Waals surface area contributed by atoms with Crippen LogP contribution in [0.4, 0.5) is 0 Å². The summed E-state index contributed by atoms with van der Waals surface area (Å²) in [7, 11) is 0. The predicted octanol–water partition coefficient (Wildman–Crippen LogP) is 1.24. The molecule has 7 nitrogen and oxygen atoms in total. The summed E-state index contributed by atoms with van der Waals surface area (Å²) < 4.78 is 0. The highest BCUT2D eigenvalue weighted by molar-refractivity contribution is 5.92. The Labute approximate surface area is 127 Å². The number of amides is 1. The zero-order chi connectivity index (χ0) is 15.2. The molecule has 0 bridgehead atoms. The molecule has 1 N–H and O–H groups in total. The Morgan fingerprint density at radius 3 is 2.55 bits per heavy atom. The van der Waals surface area contributed by atoms with Crippen LogP contribution in [0.15, 0.2) is 61.3 Å². The summed E-state index contributed by atoms with van der Waals surface area (Å²) in [6, 6.07) is 9.41. The Morgan fingerprint density at radius 1 is 1.09 bits per heavy atom. The highest BCUT2D eigenvalue weighted by Gasteiger charge is 2.17. The third-order valence-electron chi connectivity index (χ3n) is 3.12. The van der Waals surface area contributed by atoms with Crippen molar-refractivity contribution in [2.24, 2.45) is 0 Å². The number of carbonyl (C=O) groups excluding carboxylic acids is 1. The van der Waals surface area contributed by atoms with Crippen LogP contribution >= 0.6 is 0 Å². The summed E-state index contributed by atoms with van der Waals surface area (Å²) in [6.45, 7) is 0.434. The number of aromatic nitrogens is 5. The molecular weight excluding hydrogens is 280 g/mol. The molecule has 0 radical (unpaired) electrons. The minimum Gasteiger partial charge on any atom is -0.342 e. The topological polar surface area (TPSA) is 85.6 Å². The van der Waals surface area contributed by atoms with Crippen LogP contribution in [0.1, 0.15) is 22.1 Å². The second-order valence-corrected chi connectivity index (χ2v) is 4.61. The van der Waals surface area contributed by atoms with E-state index in [-0.39, 0.29) is 17.6 Å². The van der Waals surface area contributed by atoms with Crippen LogP contribution in [0.25, 0.3) is 0 Å². The molecule has 0 fully saturated rings. The Bertz CT molecular complexity index is 714. The van der Waals surface area contributed by atoms with Crippen LogP contribution in [-0.4, -0.2) is 30.9 Å². The van der Waals surface area contributed by atoms with E-state index in [2.05, 4.69) is 25.5 Å². The van der Waals surface area contributed by atoms with Crippen molar-refractivity contribution in [3.63, 3.8) is 0 Å². The zero-order valence-electron chi connectivity index (χ0n) is 11.7. The molecule has 3 rings (SSSR count). The van der Waals surface area contributed by atoms with E-state index >= 15 is 0 Å². The first-order valence-electron chi connectivity index (χ1n) is 6.79. The minimum absolute atomic E-state index is 0.261. The van der Waals surface area contributed by atoms with Crippen molar-refractivity contribution in [2.75, 3.05) is 0 Å². The SMILES string of the molecule is O=C(NC(Cn1nccn1)c1ccccc1)c1cnccn1. The van der Waals surface area contributed by atoms with Gasteiger partial charge in [-0.3, -0.25) is 9.78 Å². The lowest BCUT2D eigenvalue weighted by atomic mass is 10.1. The molecule has 0 aliphatic carbocycles. The van der Waals surface area contributed by atoms with E-state index in [1.165, 1.54) is 23.4 Å². The molecule has 2 heterocycles. The van der Waals surface area contributed by atoms with Crippen molar-refractivity contribution in [1.82, 2.24) is 30.3 Å². The summed E-state index contributed by atoms with van der Waals surface area (Å²) in [5.41, 5.74) is 1.24. The lowest BCUT2D eigenvalue weighted by Gasteiger charge is -2.18. The molecule has 0 aliphatic heterocycles. The second kappa shape index (κ2) is 6.57. The summed E-state index contributed by atoms with van der Waals surface area (Å²) in [6.07, 6.45) is 7.66. The number of hydrogen-bond acceptors (Lipinski definition) is 5. The number of nitrogens with zero attached hydrogens (tertiary/aromatic N) is 5. The van der Waals surface area contributed by atoms with E-state index in [9.17, 15) is 4.79 Å². The summed E-state index contributed by atoms with van der Waals surface area (Å²) in [5.74, 6) is -0.283. The third-order valence-corrected chi connectivity index (χ3v) is 3.12. The van der Waals surface area contributed by atoms with Crippen LogP contribution < -0.4 is 5.32 Å². The maximum absolute atomic E-state index is 12.3. The molecule has 7 heteroatoms. The molecule has 1 unspecified atom stereocenters. The fourth-order valence-corrected chi connectivity index (χ4v) is 2.07. The number of hydrogen-bond donors (Lipinski definition) is 1. The molecule has 110 valence electrons. The molecule has 0 saturated heterocycles. The van der Waals surface area contributed by atoms with Crippen molar-refractivity contribution in [2.45, 2.75) is 12.6 Å². The quantitative estimate of drug-likeness (QED) is 0.765. The molecule has 3 aromatic rings. The Balaban J connectivity index is 1.81. The zero-order valence-corrected chi connectivity index (χ0v) is 11.7. The van der Waals surface area contributed by atoms with E-state index in [1.54, 1.807) is 12.4 Å². The van der Waals surface area contributed by atoms with Gasteiger partial charge in [0.15, 0.2) is 0 Å². The second-order valence-electron chi connectivity index (χ2n) is 4.61. The van der Waals surface area contributed by atoms with E-state index in [1.807, 2.05) is 30.3 Å². The number of nitrogens with one attached hydrogen (secondary N) is 1. The van der Waals surface area contributed by atoms with Crippen LogP contribution in [-0.2, 0) is 6.54 Å². The Morgan fingerprint density at radius 2 is 1.86 bits per heavy atom. The first kappa shape index (κ1) is 13.9. The van der Waals surface area contributed by atoms with Crippen molar-refractivity contribution in [3.05, 3.63) is 72.6 Å². The van der Waals surface area contributed by atoms with E-state index in [0.717, 1.165) is 5.56 Å². The van der Waals surface area contributed by atoms with Gasteiger partial charge in [-0.2, -0.15) is 15.0 Å². The highest BCUT2D eigenvalue weighted by atomic mass is 16.2. The molecular formula is C15H14N6O. The van der Waals surface area contributed by atoms with Crippen LogP contribution in [0, 0.1) is 0 Å². The minimum atomic E-state index is -0.283. The molecule has 1 amide bonds. The van der Waals surface area contributed by atoms with Gasteiger partial charge in [0.1, 0.15) is 5.69 Å². The van der Waals surface area contributed by atoms with Crippen molar-refractivity contribution < 1.29 is 4.79 Å². The van der Waals surface area contributed by atoms with Gasteiger partial charge in [-0.1, -0.05) is 30.3 Å². The van der Waals surface area contributed by atoms with Crippen LogP contribution in [0.5, 0.6) is 0 Å². The molecule has 1 atom stereocenters. The molecule has 1 aromatic carbocycles. The molecule has 0 saturated carbocycles. The van der Waals surface area contributed by atoms with Crippen molar-refractivity contribution in [1.29, 1.82) is 0 Å². The largest absolute Gasteiger partial charge is 0.342 e. The van der Waals surface area contributed by atoms with E-state index in [0.29, 0.717) is 6.54 Å². The number of rotatable bonds is 5. The molecule has 0 spiro atoms. The predicted molar refractivity (Wildman–Crippen MR) is 78.7 cm³/mol. The maximum atomic E-state index is 12.3. The van der Waals surface area contributed by atoms with E-state index < -0.39 is 0 Å². The van der Waals surface area contributed by atoms with Crippen molar-refractivity contribution in [3.8, 4) is 0 Å².